The van der Waals surface area contributed by atoms with Crippen LogP contribution in [0.15, 0.2) is 18.2 Å². The molecule has 0 spiro atoms. The molecule has 0 fully saturated rings. The van der Waals surface area contributed by atoms with Gasteiger partial charge in [0.2, 0.25) is 5.91 Å². The van der Waals surface area contributed by atoms with Crippen LogP contribution in [0.3, 0.4) is 0 Å². The Hall–Kier alpha value is -2.12. The first kappa shape index (κ1) is 18.2. The second-order valence-electron chi connectivity index (χ2n) is 5.61. The van der Waals surface area contributed by atoms with Crippen molar-refractivity contribution < 1.29 is 24.3 Å². The molecule has 130 valence electrons. The van der Waals surface area contributed by atoms with Crippen molar-refractivity contribution in [2.75, 3.05) is 14.2 Å². The predicted molar refractivity (Wildman–Crippen MR) is 92.3 cm³/mol. The molecule has 0 aliphatic heterocycles. The van der Waals surface area contributed by atoms with Crippen molar-refractivity contribution in [1.29, 1.82) is 0 Å². The number of benzene rings is 1. The minimum Gasteiger partial charge on any atom is -0.493 e. The molecule has 1 heterocycles. The minimum absolute atomic E-state index is 0.0194. The van der Waals surface area contributed by atoms with Crippen molar-refractivity contribution in [3.63, 3.8) is 0 Å². The Morgan fingerprint density at radius 3 is 2.33 bits per heavy atom. The van der Waals surface area contributed by atoms with Gasteiger partial charge in [-0.3, -0.25) is 14.8 Å². The fourth-order valence-electron chi connectivity index (χ4n) is 2.25. The van der Waals surface area contributed by atoms with Gasteiger partial charge in [-0.15, -0.1) is 11.3 Å². The van der Waals surface area contributed by atoms with Gasteiger partial charge in [-0.1, -0.05) is 0 Å². The molecule has 2 rings (SSSR count). The van der Waals surface area contributed by atoms with Crippen molar-refractivity contribution in [1.82, 2.24) is 5.06 Å². The van der Waals surface area contributed by atoms with Crippen LogP contribution in [-0.2, 0) is 4.79 Å². The number of thiophene rings is 1. The highest BCUT2D eigenvalue weighted by Crippen LogP contribution is 2.36. The normalized spacial score (nSPS) is 10.9. The topological polar surface area (TPSA) is 76.1 Å². The van der Waals surface area contributed by atoms with Crippen LogP contribution in [0.2, 0.25) is 0 Å². The standard InChI is InChI=1S/C17H21NO5S/c1-10(2)18(21)17(20)6-5-12(19)16-8-11-7-13(22-3)14(23-4)9-15(11)24-16/h7-10,21H,5-6H2,1-4H3. The fraction of sp³-hybridized carbons (Fsp3) is 0.412. The smallest absolute Gasteiger partial charge is 0.246 e. The number of ether oxygens (including phenoxy) is 2. The van der Waals surface area contributed by atoms with Gasteiger partial charge in [0.25, 0.3) is 0 Å². The summed E-state index contributed by atoms with van der Waals surface area (Å²) < 4.78 is 11.4. The summed E-state index contributed by atoms with van der Waals surface area (Å²) in [6.45, 7) is 3.40. The summed E-state index contributed by atoms with van der Waals surface area (Å²) in [7, 11) is 3.12. The van der Waals surface area contributed by atoms with E-state index in [-0.39, 0.29) is 24.7 Å². The molecule has 0 bridgehead atoms. The molecular weight excluding hydrogens is 330 g/mol. The molecule has 7 heteroatoms. The number of rotatable bonds is 7. The number of carbonyl (C=O) groups excluding carboxylic acids is 2. The molecule has 0 radical (unpaired) electrons. The van der Waals surface area contributed by atoms with Gasteiger partial charge < -0.3 is 9.47 Å². The molecule has 0 aliphatic rings. The van der Waals surface area contributed by atoms with E-state index in [0.717, 1.165) is 10.1 Å². The van der Waals surface area contributed by atoms with Crippen LogP contribution in [0.25, 0.3) is 10.1 Å². The number of Topliss-reactive ketones (excluding diaryl/α,β-unsaturated/α-hetero) is 1. The third-order valence-electron chi connectivity index (χ3n) is 3.61. The Morgan fingerprint density at radius 2 is 1.75 bits per heavy atom. The number of carbonyl (C=O) groups is 2. The molecule has 0 aliphatic carbocycles. The number of hydrogen-bond acceptors (Lipinski definition) is 6. The lowest BCUT2D eigenvalue weighted by Gasteiger charge is -2.18. The van der Waals surface area contributed by atoms with Gasteiger partial charge in [0, 0.05) is 23.6 Å². The molecule has 24 heavy (non-hydrogen) atoms. The molecule has 1 N–H and O–H groups in total. The number of fused-ring (bicyclic) bond motifs is 1. The van der Waals surface area contributed by atoms with Gasteiger partial charge in [-0.2, -0.15) is 0 Å². The van der Waals surface area contributed by atoms with Crippen molar-refractivity contribution in [3.8, 4) is 11.5 Å². The summed E-state index contributed by atoms with van der Waals surface area (Å²) in [5.74, 6) is 0.626. The average Bonchev–Trinajstić information content (AvgIpc) is 2.99. The lowest BCUT2D eigenvalue weighted by Crippen LogP contribution is -2.33. The molecule has 6 nitrogen and oxygen atoms in total. The predicted octanol–water partition coefficient (Wildman–Crippen LogP) is 3.51. The summed E-state index contributed by atoms with van der Waals surface area (Å²) in [6, 6.07) is 5.13. The number of amides is 1. The fourth-order valence-corrected chi connectivity index (χ4v) is 3.29. The molecular formula is C17H21NO5S. The van der Waals surface area contributed by atoms with E-state index in [1.807, 2.05) is 12.1 Å². The Morgan fingerprint density at radius 1 is 1.12 bits per heavy atom. The number of ketones is 1. The minimum atomic E-state index is -0.456. The van der Waals surface area contributed by atoms with Gasteiger partial charge >= 0.3 is 0 Å². The zero-order valence-electron chi connectivity index (χ0n) is 14.2. The van der Waals surface area contributed by atoms with Gasteiger partial charge in [-0.05, 0) is 31.4 Å². The number of nitrogens with zero attached hydrogens (tertiary/aromatic N) is 1. The van der Waals surface area contributed by atoms with E-state index in [4.69, 9.17) is 9.47 Å². The Bertz CT molecular complexity index is 712. The molecule has 2 aromatic rings. The Labute approximate surface area is 144 Å². The lowest BCUT2D eigenvalue weighted by atomic mass is 10.1. The van der Waals surface area contributed by atoms with Crippen molar-refractivity contribution in [3.05, 3.63) is 23.1 Å². The maximum atomic E-state index is 12.3. The Balaban J connectivity index is 2.14. The molecule has 1 aromatic heterocycles. The van der Waals surface area contributed by atoms with Gasteiger partial charge in [-0.25, -0.2) is 5.06 Å². The average molecular weight is 351 g/mol. The second kappa shape index (κ2) is 7.63. The molecule has 0 atom stereocenters. The second-order valence-corrected chi connectivity index (χ2v) is 6.69. The van der Waals surface area contributed by atoms with Crippen LogP contribution in [0.4, 0.5) is 0 Å². The van der Waals surface area contributed by atoms with Crippen LogP contribution >= 0.6 is 11.3 Å². The maximum Gasteiger partial charge on any atom is 0.246 e. The van der Waals surface area contributed by atoms with Crippen molar-refractivity contribution in [2.24, 2.45) is 0 Å². The van der Waals surface area contributed by atoms with E-state index in [0.29, 0.717) is 21.4 Å². The third-order valence-corrected chi connectivity index (χ3v) is 4.75. The molecule has 0 saturated carbocycles. The monoisotopic (exact) mass is 351 g/mol. The van der Waals surface area contributed by atoms with Crippen LogP contribution in [0.5, 0.6) is 11.5 Å². The molecule has 1 aromatic carbocycles. The first-order chi connectivity index (χ1) is 11.4. The zero-order valence-corrected chi connectivity index (χ0v) is 15.0. The van der Waals surface area contributed by atoms with Crippen LogP contribution < -0.4 is 9.47 Å². The van der Waals surface area contributed by atoms with E-state index < -0.39 is 5.91 Å². The van der Waals surface area contributed by atoms with Gasteiger partial charge in [0.05, 0.1) is 25.1 Å². The number of methoxy groups -OCH3 is 2. The first-order valence-electron chi connectivity index (χ1n) is 7.57. The summed E-state index contributed by atoms with van der Waals surface area (Å²) in [4.78, 5) is 24.6. The first-order valence-corrected chi connectivity index (χ1v) is 8.38. The van der Waals surface area contributed by atoms with Gasteiger partial charge in [0.15, 0.2) is 17.3 Å². The van der Waals surface area contributed by atoms with E-state index >= 15 is 0 Å². The summed E-state index contributed by atoms with van der Waals surface area (Å²) in [5, 5.41) is 11.1. The zero-order chi connectivity index (χ0) is 17.9. The lowest BCUT2D eigenvalue weighted by molar-refractivity contribution is -0.172. The molecule has 1 amide bonds. The van der Waals surface area contributed by atoms with Crippen LogP contribution in [0, 0.1) is 0 Å². The van der Waals surface area contributed by atoms with Crippen molar-refractivity contribution in [2.45, 2.75) is 32.7 Å². The molecule has 0 saturated heterocycles. The van der Waals surface area contributed by atoms with Crippen LogP contribution in [0.1, 0.15) is 36.4 Å². The SMILES string of the molecule is COc1cc2cc(C(=O)CCC(=O)N(O)C(C)C)sc2cc1OC. The number of hydroxylamine groups is 2. The summed E-state index contributed by atoms with van der Waals surface area (Å²) in [5.41, 5.74) is 0. The highest BCUT2D eigenvalue weighted by molar-refractivity contribution is 7.20. The highest BCUT2D eigenvalue weighted by atomic mass is 32.1. The summed E-state index contributed by atoms with van der Waals surface area (Å²) >= 11 is 1.35. The van der Waals surface area contributed by atoms with E-state index in [1.54, 1.807) is 34.1 Å². The molecule has 0 unspecified atom stereocenters. The van der Waals surface area contributed by atoms with E-state index in [9.17, 15) is 14.8 Å². The Kier molecular flexibility index (Phi) is 5.80. The van der Waals surface area contributed by atoms with Crippen LogP contribution in [-0.4, -0.2) is 42.2 Å². The third kappa shape index (κ3) is 3.85. The largest absolute Gasteiger partial charge is 0.493 e. The summed E-state index contributed by atoms with van der Waals surface area (Å²) in [6.07, 6.45) is 0.0398. The quantitative estimate of drug-likeness (QED) is 0.469. The van der Waals surface area contributed by atoms with Crippen molar-refractivity contribution >= 4 is 33.1 Å². The number of hydrogen-bond donors (Lipinski definition) is 1. The van der Waals surface area contributed by atoms with Gasteiger partial charge in [0.1, 0.15) is 0 Å². The maximum absolute atomic E-state index is 12.3. The van der Waals surface area contributed by atoms with E-state index in [2.05, 4.69) is 0 Å². The van der Waals surface area contributed by atoms with E-state index in [1.165, 1.54) is 11.3 Å². The highest BCUT2D eigenvalue weighted by Gasteiger charge is 2.18.